The maximum Gasteiger partial charge on any atom is 0.509 e. The van der Waals surface area contributed by atoms with Gasteiger partial charge >= 0.3 is 6.16 Å². The molecule has 0 amide bonds. The zero-order valence-corrected chi connectivity index (χ0v) is 6.70. The zero-order valence-electron chi connectivity index (χ0n) is 5.12. The molecule has 0 radical (unpaired) electrons. The Labute approximate surface area is 66.2 Å². The van der Waals surface area contributed by atoms with Gasteiger partial charge in [0.2, 0.25) is 0 Å². The molecule has 1 aliphatic rings. The largest absolute Gasteiger partial charge is 0.509 e. The highest BCUT2D eigenvalue weighted by Gasteiger charge is 2.34. The van der Waals surface area contributed by atoms with Gasteiger partial charge in [0.05, 0.1) is 6.61 Å². The minimum absolute atomic E-state index is 0.192. The normalized spacial score (nSPS) is 31.6. The van der Waals surface area contributed by atoms with Crippen LogP contribution in [0, 0.1) is 0 Å². The molecule has 0 aliphatic carbocycles. The standard InChI is InChI=1S/C5H7BrO4/c6-1-3-4(2-7)10-5(8)9-3/h3-4,7H,1-2H2. The van der Waals surface area contributed by atoms with Gasteiger partial charge in [0, 0.05) is 5.33 Å². The van der Waals surface area contributed by atoms with E-state index in [1.54, 1.807) is 0 Å². The van der Waals surface area contributed by atoms with Crippen molar-refractivity contribution in [1.29, 1.82) is 0 Å². The molecule has 1 N–H and O–H groups in total. The number of carbonyl (C=O) groups excluding carboxylic acids is 1. The molecule has 0 bridgehead atoms. The first-order valence-electron chi connectivity index (χ1n) is 2.82. The Morgan fingerprint density at radius 2 is 2.10 bits per heavy atom. The molecule has 5 heteroatoms. The molecule has 1 rings (SSSR count). The van der Waals surface area contributed by atoms with Crippen molar-refractivity contribution in [3.05, 3.63) is 0 Å². The van der Waals surface area contributed by atoms with Crippen LogP contribution in [0.4, 0.5) is 4.79 Å². The van der Waals surface area contributed by atoms with Gasteiger partial charge in [-0.1, -0.05) is 15.9 Å². The number of ether oxygens (including phenoxy) is 2. The van der Waals surface area contributed by atoms with Gasteiger partial charge in [-0.3, -0.25) is 0 Å². The molecular weight excluding hydrogens is 204 g/mol. The maximum atomic E-state index is 10.4. The number of cyclic esters (lactones) is 2. The predicted molar refractivity (Wildman–Crippen MR) is 36.0 cm³/mol. The van der Waals surface area contributed by atoms with Gasteiger partial charge in [0.15, 0.2) is 12.2 Å². The Morgan fingerprint density at radius 3 is 2.50 bits per heavy atom. The lowest BCUT2D eigenvalue weighted by atomic mass is 10.2. The molecule has 58 valence electrons. The van der Waals surface area contributed by atoms with E-state index in [0.29, 0.717) is 5.33 Å². The van der Waals surface area contributed by atoms with E-state index in [4.69, 9.17) is 5.11 Å². The summed E-state index contributed by atoms with van der Waals surface area (Å²) in [5, 5.41) is 9.10. The molecule has 0 spiro atoms. The van der Waals surface area contributed by atoms with E-state index >= 15 is 0 Å². The van der Waals surface area contributed by atoms with Gasteiger partial charge < -0.3 is 14.6 Å². The number of rotatable bonds is 2. The van der Waals surface area contributed by atoms with Gasteiger partial charge in [-0.2, -0.15) is 0 Å². The van der Waals surface area contributed by atoms with E-state index in [-0.39, 0.29) is 12.7 Å². The van der Waals surface area contributed by atoms with Crippen LogP contribution < -0.4 is 0 Å². The second kappa shape index (κ2) is 3.21. The molecular formula is C5H7BrO4. The van der Waals surface area contributed by atoms with Crippen LogP contribution >= 0.6 is 15.9 Å². The van der Waals surface area contributed by atoms with Crippen LogP contribution in [0.3, 0.4) is 0 Å². The Morgan fingerprint density at radius 1 is 1.50 bits per heavy atom. The fourth-order valence-corrected chi connectivity index (χ4v) is 1.26. The number of carbonyl (C=O) groups is 1. The average molecular weight is 211 g/mol. The number of halogens is 1. The first-order valence-corrected chi connectivity index (χ1v) is 3.94. The number of hydrogen-bond donors (Lipinski definition) is 1. The van der Waals surface area contributed by atoms with Crippen LogP contribution in [0.15, 0.2) is 0 Å². The topological polar surface area (TPSA) is 55.8 Å². The number of hydrogen-bond acceptors (Lipinski definition) is 4. The number of aliphatic hydroxyl groups is 1. The fraction of sp³-hybridized carbons (Fsp3) is 0.800. The van der Waals surface area contributed by atoms with Crippen molar-refractivity contribution in [2.75, 3.05) is 11.9 Å². The number of aliphatic hydroxyl groups excluding tert-OH is 1. The predicted octanol–water partition coefficient (Wildman–Crippen LogP) is 0.278. The van der Waals surface area contributed by atoms with Crippen LogP contribution in [0.1, 0.15) is 0 Å². The van der Waals surface area contributed by atoms with Crippen molar-refractivity contribution in [3.8, 4) is 0 Å². The average Bonchev–Trinajstić information content (AvgIpc) is 2.30. The van der Waals surface area contributed by atoms with Crippen molar-refractivity contribution in [2.24, 2.45) is 0 Å². The Hall–Kier alpha value is -0.290. The second-order valence-electron chi connectivity index (χ2n) is 1.90. The third-order valence-electron chi connectivity index (χ3n) is 1.24. The Bertz CT molecular complexity index is 124. The van der Waals surface area contributed by atoms with Gasteiger partial charge in [0.1, 0.15) is 0 Å². The maximum absolute atomic E-state index is 10.4. The van der Waals surface area contributed by atoms with Gasteiger partial charge in [-0.05, 0) is 0 Å². The van der Waals surface area contributed by atoms with Gasteiger partial charge in [0.25, 0.3) is 0 Å². The summed E-state index contributed by atoms with van der Waals surface area (Å²) in [5.41, 5.74) is 0. The lowest BCUT2D eigenvalue weighted by Gasteiger charge is -2.07. The van der Waals surface area contributed by atoms with E-state index in [1.165, 1.54) is 0 Å². The molecule has 1 aliphatic heterocycles. The highest BCUT2D eigenvalue weighted by Crippen LogP contribution is 2.16. The van der Waals surface area contributed by atoms with Crippen LogP contribution in [0.2, 0.25) is 0 Å². The Kier molecular flexibility index (Phi) is 2.50. The summed E-state index contributed by atoms with van der Waals surface area (Å²) >= 11 is 3.12. The van der Waals surface area contributed by atoms with Crippen molar-refractivity contribution in [3.63, 3.8) is 0 Å². The molecule has 2 atom stereocenters. The highest BCUT2D eigenvalue weighted by atomic mass is 79.9. The summed E-state index contributed by atoms with van der Waals surface area (Å²) in [6, 6.07) is 0. The molecule has 0 aromatic heterocycles. The summed E-state index contributed by atoms with van der Waals surface area (Å²) < 4.78 is 9.22. The van der Waals surface area contributed by atoms with E-state index in [0.717, 1.165) is 0 Å². The molecule has 1 heterocycles. The SMILES string of the molecule is O=C1OC(CO)C(CBr)O1. The summed E-state index contributed by atoms with van der Waals surface area (Å²) in [6.45, 7) is -0.192. The lowest BCUT2D eigenvalue weighted by molar-refractivity contribution is 0.0860. The Balaban J connectivity index is 2.48. The summed E-state index contributed by atoms with van der Waals surface area (Å²) in [6.07, 6.45) is -1.56. The molecule has 0 aromatic rings. The summed E-state index contributed by atoms with van der Waals surface area (Å²) in [7, 11) is 0. The smallest absolute Gasteiger partial charge is 0.426 e. The van der Waals surface area contributed by atoms with Gasteiger partial charge in [-0.15, -0.1) is 0 Å². The van der Waals surface area contributed by atoms with Crippen LogP contribution in [-0.2, 0) is 9.47 Å². The van der Waals surface area contributed by atoms with Crippen molar-refractivity contribution < 1.29 is 19.4 Å². The van der Waals surface area contributed by atoms with Gasteiger partial charge in [-0.25, -0.2) is 4.79 Å². The quantitative estimate of drug-likeness (QED) is 0.526. The molecule has 4 nitrogen and oxygen atoms in total. The van der Waals surface area contributed by atoms with Crippen LogP contribution in [0.25, 0.3) is 0 Å². The molecule has 2 unspecified atom stereocenters. The minimum atomic E-state index is -0.705. The fourth-order valence-electron chi connectivity index (χ4n) is 0.712. The monoisotopic (exact) mass is 210 g/mol. The van der Waals surface area contributed by atoms with E-state index in [2.05, 4.69) is 25.4 Å². The first kappa shape index (κ1) is 7.81. The summed E-state index contributed by atoms with van der Waals surface area (Å²) in [4.78, 5) is 10.4. The van der Waals surface area contributed by atoms with E-state index in [1.807, 2.05) is 0 Å². The third-order valence-corrected chi connectivity index (χ3v) is 1.88. The van der Waals surface area contributed by atoms with E-state index in [9.17, 15) is 4.79 Å². The van der Waals surface area contributed by atoms with Crippen molar-refractivity contribution in [1.82, 2.24) is 0 Å². The second-order valence-corrected chi connectivity index (χ2v) is 2.55. The lowest BCUT2D eigenvalue weighted by Crippen LogP contribution is -2.27. The van der Waals surface area contributed by atoms with E-state index < -0.39 is 12.3 Å². The highest BCUT2D eigenvalue weighted by molar-refractivity contribution is 9.09. The molecule has 1 fully saturated rings. The van der Waals surface area contributed by atoms with Crippen molar-refractivity contribution >= 4 is 22.1 Å². The molecule has 0 saturated carbocycles. The molecule has 10 heavy (non-hydrogen) atoms. The third kappa shape index (κ3) is 1.41. The minimum Gasteiger partial charge on any atom is -0.426 e. The van der Waals surface area contributed by atoms with Crippen LogP contribution in [-0.4, -0.2) is 35.4 Å². The van der Waals surface area contributed by atoms with Crippen molar-refractivity contribution in [2.45, 2.75) is 12.2 Å². The molecule has 1 saturated heterocycles. The summed E-state index contributed by atoms with van der Waals surface area (Å²) in [5.74, 6) is 0. The first-order chi connectivity index (χ1) is 4.77. The zero-order chi connectivity index (χ0) is 7.56. The van der Waals surface area contributed by atoms with Crippen LogP contribution in [0.5, 0.6) is 0 Å². The number of alkyl halides is 1. The molecule has 0 aromatic carbocycles.